The van der Waals surface area contributed by atoms with Crippen molar-refractivity contribution in [3.05, 3.63) is 69.7 Å². The highest BCUT2D eigenvalue weighted by molar-refractivity contribution is 6.39. The summed E-state index contributed by atoms with van der Waals surface area (Å²) < 4.78 is 10.1. The molecule has 1 aliphatic rings. The van der Waals surface area contributed by atoms with Gasteiger partial charge >= 0.3 is 5.97 Å². The van der Waals surface area contributed by atoms with E-state index in [-0.39, 0.29) is 51.6 Å². The second-order valence-electron chi connectivity index (χ2n) is 7.47. The van der Waals surface area contributed by atoms with Crippen LogP contribution >= 0.6 is 23.2 Å². The molecule has 1 atom stereocenters. The summed E-state index contributed by atoms with van der Waals surface area (Å²) in [5.74, 6) is -2.22. The monoisotopic (exact) mass is 487 g/mol. The van der Waals surface area contributed by atoms with Crippen molar-refractivity contribution in [1.82, 2.24) is 10.1 Å². The van der Waals surface area contributed by atoms with Gasteiger partial charge in [-0.3, -0.25) is 14.9 Å². The molecule has 1 fully saturated rings. The van der Waals surface area contributed by atoms with Crippen molar-refractivity contribution in [1.29, 1.82) is 0 Å². The molecule has 1 saturated heterocycles. The summed E-state index contributed by atoms with van der Waals surface area (Å²) in [5.41, 5.74) is 1.17. The highest BCUT2D eigenvalue weighted by atomic mass is 35.5. The molecule has 8 nitrogen and oxygen atoms in total. The first-order valence-electron chi connectivity index (χ1n) is 10.0. The predicted molar refractivity (Wildman–Crippen MR) is 122 cm³/mol. The molecule has 3 aromatic rings. The van der Waals surface area contributed by atoms with E-state index in [4.69, 9.17) is 32.5 Å². The zero-order chi connectivity index (χ0) is 23.5. The highest BCUT2D eigenvalue weighted by Crippen LogP contribution is 2.38. The minimum absolute atomic E-state index is 0.0425. The molecule has 1 aliphatic heterocycles. The lowest BCUT2D eigenvalue weighted by Gasteiger charge is -2.16. The van der Waals surface area contributed by atoms with Crippen LogP contribution in [0.2, 0.25) is 10.0 Å². The quantitative estimate of drug-likeness (QED) is 0.516. The Bertz CT molecular complexity index is 1190. The number of likely N-dealkylation sites (tertiary alicyclic amines) is 1. The maximum Gasteiger partial charge on any atom is 0.345 e. The van der Waals surface area contributed by atoms with Crippen molar-refractivity contribution in [2.45, 2.75) is 13.0 Å². The maximum absolute atomic E-state index is 12.9. The van der Waals surface area contributed by atoms with Crippen LogP contribution in [0.3, 0.4) is 0 Å². The molecule has 4 rings (SSSR count). The van der Waals surface area contributed by atoms with Crippen LogP contribution in [0.4, 0.5) is 5.88 Å². The standard InChI is InChI=1S/C23H19Cl2N3O5/c1-32-23(31)19-20(18-15(24)8-5-9-16(18)25)27-33-22(19)26-21(30)14-10-17(29)28(12-14)11-13-6-3-2-4-7-13/h2-9,14H,10-12H2,1H3,(H,26,30). The van der Waals surface area contributed by atoms with Gasteiger partial charge in [-0.15, -0.1) is 0 Å². The Morgan fingerprint density at radius 1 is 1.15 bits per heavy atom. The third-order valence-corrected chi connectivity index (χ3v) is 5.95. The van der Waals surface area contributed by atoms with Gasteiger partial charge in [0.1, 0.15) is 5.69 Å². The van der Waals surface area contributed by atoms with Gasteiger partial charge in [0, 0.05) is 25.1 Å². The molecule has 0 radical (unpaired) electrons. The van der Waals surface area contributed by atoms with Gasteiger partial charge in [0.2, 0.25) is 17.7 Å². The minimum atomic E-state index is -0.786. The number of hydrogen-bond acceptors (Lipinski definition) is 6. The molecule has 1 N–H and O–H groups in total. The minimum Gasteiger partial charge on any atom is -0.465 e. The van der Waals surface area contributed by atoms with Crippen LogP contribution in [0.15, 0.2) is 53.1 Å². The molecule has 10 heteroatoms. The summed E-state index contributed by atoms with van der Waals surface area (Å²) in [4.78, 5) is 39.5. The van der Waals surface area contributed by atoms with Crippen LogP contribution in [-0.2, 0) is 20.9 Å². The molecule has 2 heterocycles. The van der Waals surface area contributed by atoms with Crippen molar-refractivity contribution in [3.8, 4) is 11.3 Å². The largest absolute Gasteiger partial charge is 0.465 e. The molecule has 0 bridgehead atoms. The second kappa shape index (κ2) is 9.64. The summed E-state index contributed by atoms with van der Waals surface area (Å²) in [6.07, 6.45) is 0.0452. The first-order valence-corrected chi connectivity index (χ1v) is 10.8. The Balaban J connectivity index is 1.55. The number of aromatic nitrogens is 1. The summed E-state index contributed by atoms with van der Waals surface area (Å²) in [6, 6.07) is 14.3. The smallest absolute Gasteiger partial charge is 0.345 e. The van der Waals surface area contributed by atoms with Gasteiger partial charge < -0.3 is 14.2 Å². The van der Waals surface area contributed by atoms with Gasteiger partial charge in [0.15, 0.2) is 5.56 Å². The molecule has 0 saturated carbocycles. The predicted octanol–water partition coefficient (Wildman–Crippen LogP) is 4.42. The molecule has 2 aromatic carbocycles. The summed E-state index contributed by atoms with van der Waals surface area (Å²) >= 11 is 12.5. The fraction of sp³-hybridized carbons (Fsp3) is 0.217. The van der Waals surface area contributed by atoms with E-state index in [2.05, 4.69) is 10.5 Å². The number of anilines is 1. The van der Waals surface area contributed by atoms with Gasteiger partial charge in [-0.05, 0) is 17.7 Å². The summed E-state index contributed by atoms with van der Waals surface area (Å²) in [6.45, 7) is 0.652. The molecular weight excluding hydrogens is 469 g/mol. The van der Waals surface area contributed by atoms with Crippen LogP contribution in [0.25, 0.3) is 11.3 Å². The van der Waals surface area contributed by atoms with Gasteiger partial charge in [-0.25, -0.2) is 4.79 Å². The SMILES string of the molecule is COC(=O)c1c(-c2c(Cl)cccc2Cl)noc1NC(=O)C1CC(=O)N(Cc2ccccc2)C1. The lowest BCUT2D eigenvalue weighted by molar-refractivity contribution is -0.128. The number of nitrogens with zero attached hydrogens (tertiary/aromatic N) is 2. The molecular formula is C23H19Cl2N3O5. The van der Waals surface area contributed by atoms with Crippen molar-refractivity contribution >= 4 is 46.9 Å². The number of benzene rings is 2. The fourth-order valence-electron chi connectivity index (χ4n) is 3.68. The van der Waals surface area contributed by atoms with E-state index in [1.165, 1.54) is 7.11 Å². The van der Waals surface area contributed by atoms with E-state index >= 15 is 0 Å². The summed E-state index contributed by atoms with van der Waals surface area (Å²) in [7, 11) is 1.19. The van der Waals surface area contributed by atoms with Crippen LogP contribution in [-0.4, -0.2) is 41.5 Å². The molecule has 0 spiro atoms. The molecule has 1 aromatic heterocycles. The van der Waals surface area contributed by atoms with E-state index in [0.717, 1.165) is 5.56 Å². The van der Waals surface area contributed by atoms with E-state index in [1.54, 1.807) is 23.1 Å². The highest BCUT2D eigenvalue weighted by Gasteiger charge is 2.36. The van der Waals surface area contributed by atoms with Gasteiger partial charge in [-0.1, -0.05) is 64.8 Å². The number of hydrogen-bond donors (Lipinski definition) is 1. The Hall–Kier alpha value is -3.36. The second-order valence-corrected chi connectivity index (χ2v) is 8.29. The van der Waals surface area contributed by atoms with Crippen molar-refractivity contribution in [2.75, 3.05) is 19.0 Å². The third-order valence-electron chi connectivity index (χ3n) is 5.32. The van der Waals surface area contributed by atoms with Crippen molar-refractivity contribution < 1.29 is 23.6 Å². The molecule has 0 aliphatic carbocycles. The Kier molecular flexibility index (Phi) is 6.67. The number of nitrogens with one attached hydrogen (secondary N) is 1. The van der Waals surface area contributed by atoms with Crippen LogP contribution in [0.5, 0.6) is 0 Å². The Morgan fingerprint density at radius 3 is 2.52 bits per heavy atom. The van der Waals surface area contributed by atoms with Crippen molar-refractivity contribution in [2.24, 2.45) is 5.92 Å². The zero-order valence-electron chi connectivity index (χ0n) is 17.5. The average Bonchev–Trinajstić information content (AvgIpc) is 3.37. The first-order chi connectivity index (χ1) is 15.9. The number of amides is 2. The Morgan fingerprint density at radius 2 is 1.85 bits per heavy atom. The number of ether oxygens (including phenoxy) is 1. The van der Waals surface area contributed by atoms with E-state index in [1.807, 2.05) is 30.3 Å². The van der Waals surface area contributed by atoms with Gasteiger partial charge in [-0.2, -0.15) is 0 Å². The Labute approximate surface area is 199 Å². The number of halogens is 2. The number of methoxy groups -OCH3 is 1. The topological polar surface area (TPSA) is 102 Å². The number of esters is 1. The zero-order valence-corrected chi connectivity index (χ0v) is 19.0. The third kappa shape index (κ3) is 4.72. The van der Waals surface area contributed by atoms with E-state index < -0.39 is 17.8 Å². The summed E-state index contributed by atoms with van der Waals surface area (Å²) in [5, 5.41) is 6.97. The van der Waals surface area contributed by atoms with Crippen LogP contribution in [0.1, 0.15) is 22.3 Å². The molecule has 2 amide bonds. The lowest BCUT2D eigenvalue weighted by Crippen LogP contribution is -2.28. The number of rotatable bonds is 6. The van der Waals surface area contributed by atoms with Crippen LogP contribution < -0.4 is 5.32 Å². The van der Waals surface area contributed by atoms with Crippen LogP contribution in [0, 0.1) is 5.92 Å². The van der Waals surface area contributed by atoms with E-state index in [0.29, 0.717) is 6.54 Å². The molecule has 170 valence electrons. The normalized spacial score (nSPS) is 15.5. The van der Waals surface area contributed by atoms with Crippen molar-refractivity contribution in [3.63, 3.8) is 0 Å². The number of carbonyl (C=O) groups excluding carboxylic acids is 3. The van der Waals surface area contributed by atoms with E-state index in [9.17, 15) is 14.4 Å². The fourth-order valence-corrected chi connectivity index (χ4v) is 4.26. The first kappa shape index (κ1) is 22.8. The molecule has 1 unspecified atom stereocenters. The van der Waals surface area contributed by atoms with Gasteiger partial charge in [0.25, 0.3) is 0 Å². The molecule has 33 heavy (non-hydrogen) atoms. The number of carbonyl (C=O) groups is 3. The maximum atomic E-state index is 12.9. The average molecular weight is 488 g/mol. The van der Waals surface area contributed by atoms with Gasteiger partial charge in [0.05, 0.1) is 23.1 Å². The lowest BCUT2D eigenvalue weighted by atomic mass is 10.1.